The maximum atomic E-state index is 13.4. The molecule has 0 saturated heterocycles. The minimum Gasteiger partial charge on any atom is -0.462 e. The standard InChI is InChI=1S/C24H33NO3.ClH/c1-6-28-24(21-13-9-7-10-14-21,22-15-11-8-12-16-22)23(26)27-18-17-25(19(2)3)20(4)5;/h7-16,19-20H,6,17-18H2,1-5H3;1H. The predicted molar refractivity (Wildman–Crippen MR) is 120 cm³/mol. The van der Waals surface area contributed by atoms with E-state index in [4.69, 9.17) is 9.47 Å². The summed E-state index contributed by atoms with van der Waals surface area (Å²) < 4.78 is 11.9. The summed E-state index contributed by atoms with van der Waals surface area (Å²) in [6, 6.07) is 20.0. The summed E-state index contributed by atoms with van der Waals surface area (Å²) in [4.78, 5) is 15.7. The molecule has 0 aliphatic rings. The average Bonchev–Trinajstić information content (AvgIpc) is 2.70. The Labute approximate surface area is 181 Å². The van der Waals surface area contributed by atoms with Crippen LogP contribution in [0.4, 0.5) is 0 Å². The number of nitrogens with zero attached hydrogens (tertiary/aromatic N) is 1. The second kappa shape index (κ2) is 12.0. The van der Waals surface area contributed by atoms with Gasteiger partial charge in [0.25, 0.3) is 0 Å². The molecular formula is C24H34ClNO3. The van der Waals surface area contributed by atoms with Crippen molar-refractivity contribution < 1.29 is 14.3 Å². The Kier molecular flexibility index (Phi) is 10.4. The lowest BCUT2D eigenvalue weighted by Crippen LogP contribution is -2.44. The van der Waals surface area contributed by atoms with Crippen LogP contribution in [0.3, 0.4) is 0 Å². The van der Waals surface area contributed by atoms with Crippen LogP contribution in [0.5, 0.6) is 0 Å². The number of hydrogen-bond acceptors (Lipinski definition) is 4. The Hall–Kier alpha value is -1.88. The van der Waals surface area contributed by atoms with Crippen LogP contribution >= 0.6 is 12.4 Å². The molecule has 0 saturated carbocycles. The van der Waals surface area contributed by atoms with Crippen molar-refractivity contribution in [3.63, 3.8) is 0 Å². The summed E-state index contributed by atoms with van der Waals surface area (Å²) >= 11 is 0. The molecule has 0 unspecified atom stereocenters. The van der Waals surface area contributed by atoms with Gasteiger partial charge in [0.1, 0.15) is 6.61 Å². The lowest BCUT2D eigenvalue weighted by atomic mass is 9.86. The Morgan fingerprint density at radius 1 is 0.897 bits per heavy atom. The molecule has 0 N–H and O–H groups in total. The van der Waals surface area contributed by atoms with Crippen molar-refractivity contribution >= 4 is 18.4 Å². The summed E-state index contributed by atoms with van der Waals surface area (Å²) in [6.07, 6.45) is 0. The molecule has 0 aliphatic carbocycles. The summed E-state index contributed by atoms with van der Waals surface area (Å²) in [5.41, 5.74) is 0.285. The molecular weight excluding hydrogens is 386 g/mol. The Bertz CT molecular complexity index is 672. The summed E-state index contributed by atoms with van der Waals surface area (Å²) in [7, 11) is 0. The van der Waals surface area contributed by atoms with Crippen molar-refractivity contribution in [1.82, 2.24) is 4.90 Å². The quantitative estimate of drug-likeness (QED) is 0.505. The van der Waals surface area contributed by atoms with Crippen LogP contribution in [-0.2, 0) is 19.9 Å². The number of benzene rings is 2. The maximum absolute atomic E-state index is 13.4. The van der Waals surface area contributed by atoms with E-state index >= 15 is 0 Å². The highest BCUT2D eigenvalue weighted by Gasteiger charge is 2.44. The van der Waals surface area contributed by atoms with Crippen LogP contribution in [0.2, 0.25) is 0 Å². The first-order valence-electron chi connectivity index (χ1n) is 10.1. The third kappa shape index (κ3) is 6.05. The van der Waals surface area contributed by atoms with E-state index in [1.807, 2.05) is 67.6 Å². The van der Waals surface area contributed by atoms with Gasteiger partial charge in [0.05, 0.1) is 0 Å². The second-order valence-corrected chi connectivity index (χ2v) is 7.41. The van der Waals surface area contributed by atoms with Crippen molar-refractivity contribution in [3.05, 3.63) is 71.8 Å². The molecule has 0 bridgehead atoms. The molecule has 0 aliphatic heterocycles. The van der Waals surface area contributed by atoms with Gasteiger partial charge >= 0.3 is 5.97 Å². The van der Waals surface area contributed by atoms with E-state index in [-0.39, 0.29) is 18.4 Å². The predicted octanol–water partition coefficient (Wildman–Crippen LogP) is 5.05. The van der Waals surface area contributed by atoms with Gasteiger partial charge in [-0.3, -0.25) is 4.90 Å². The lowest BCUT2D eigenvalue weighted by molar-refractivity contribution is -0.169. The van der Waals surface area contributed by atoms with Crippen molar-refractivity contribution in [2.45, 2.75) is 52.3 Å². The smallest absolute Gasteiger partial charge is 0.347 e. The highest BCUT2D eigenvalue weighted by molar-refractivity contribution is 5.86. The Balaban J connectivity index is 0.00000420. The zero-order valence-corrected chi connectivity index (χ0v) is 18.9. The molecule has 2 aromatic carbocycles. The van der Waals surface area contributed by atoms with E-state index in [9.17, 15) is 4.79 Å². The molecule has 2 aromatic rings. The minimum atomic E-state index is -1.27. The maximum Gasteiger partial charge on any atom is 0.347 e. The zero-order valence-electron chi connectivity index (χ0n) is 18.1. The van der Waals surface area contributed by atoms with Gasteiger partial charge in [-0.1, -0.05) is 60.7 Å². The third-order valence-electron chi connectivity index (χ3n) is 4.92. The highest BCUT2D eigenvalue weighted by atomic mass is 35.5. The molecule has 4 nitrogen and oxygen atoms in total. The van der Waals surface area contributed by atoms with Gasteiger partial charge in [0, 0.05) is 25.2 Å². The van der Waals surface area contributed by atoms with E-state index < -0.39 is 5.60 Å². The molecule has 0 amide bonds. The van der Waals surface area contributed by atoms with Crippen LogP contribution in [-0.4, -0.2) is 42.7 Å². The van der Waals surface area contributed by atoms with Crippen LogP contribution in [0.25, 0.3) is 0 Å². The van der Waals surface area contributed by atoms with Gasteiger partial charge in [-0.25, -0.2) is 4.79 Å². The number of carbonyl (C=O) groups is 1. The van der Waals surface area contributed by atoms with Crippen LogP contribution < -0.4 is 0 Å². The topological polar surface area (TPSA) is 38.8 Å². The minimum absolute atomic E-state index is 0. The molecule has 0 heterocycles. The monoisotopic (exact) mass is 419 g/mol. The molecule has 29 heavy (non-hydrogen) atoms. The Morgan fingerprint density at radius 3 is 1.72 bits per heavy atom. The van der Waals surface area contributed by atoms with Gasteiger partial charge in [0.2, 0.25) is 5.60 Å². The van der Waals surface area contributed by atoms with E-state index in [0.29, 0.717) is 31.8 Å². The number of carbonyl (C=O) groups excluding carboxylic acids is 1. The van der Waals surface area contributed by atoms with Crippen LogP contribution in [0.15, 0.2) is 60.7 Å². The van der Waals surface area contributed by atoms with E-state index in [0.717, 1.165) is 11.1 Å². The summed E-state index contributed by atoms with van der Waals surface area (Å²) in [6.45, 7) is 11.9. The summed E-state index contributed by atoms with van der Waals surface area (Å²) in [5, 5.41) is 0. The number of esters is 1. The van der Waals surface area contributed by atoms with Crippen molar-refractivity contribution in [2.24, 2.45) is 0 Å². The lowest BCUT2D eigenvalue weighted by Gasteiger charge is -2.34. The van der Waals surface area contributed by atoms with Gasteiger partial charge in [-0.05, 0) is 45.7 Å². The normalized spacial score (nSPS) is 11.6. The number of hydrogen-bond donors (Lipinski definition) is 0. The van der Waals surface area contributed by atoms with E-state index in [1.165, 1.54) is 0 Å². The third-order valence-corrected chi connectivity index (χ3v) is 4.92. The molecule has 0 atom stereocenters. The van der Waals surface area contributed by atoms with Crippen LogP contribution in [0.1, 0.15) is 45.7 Å². The highest BCUT2D eigenvalue weighted by Crippen LogP contribution is 2.35. The van der Waals surface area contributed by atoms with Gasteiger partial charge in [0.15, 0.2) is 0 Å². The van der Waals surface area contributed by atoms with Crippen molar-refractivity contribution in [3.8, 4) is 0 Å². The molecule has 0 aromatic heterocycles. The molecule has 5 heteroatoms. The molecule has 0 spiro atoms. The second-order valence-electron chi connectivity index (χ2n) is 7.41. The van der Waals surface area contributed by atoms with Crippen molar-refractivity contribution in [2.75, 3.05) is 19.8 Å². The number of rotatable bonds is 10. The van der Waals surface area contributed by atoms with Gasteiger partial charge in [-0.15, -0.1) is 12.4 Å². The Morgan fingerprint density at radius 2 is 1.34 bits per heavy atom. The zero-order chi connectivity index (χ0) is 20.6. The van der Waals surface area contributed by atoms with Gasteiger partial charge < -0.3 is 9.47 Å². The SMILES string of the molecule is CCOC(C(=O)OCCN(C(C)C)C(C)C)(c1ccccc1)c1ccccc1.Cl. The number of halogens is 1. The summed E-state index contributed by atoms with van der Waals surface area (Å²) in [5.74, 6) is -0.376. The van der Waals surface area contributed by atoms with Gasteiger partial charge in [-0.2, -0.15) is 0 Å². The van der Waals surface area contributed by atoms with Crippen molar-refractivity contribution in [1.29, 1.82) is 0 Å². The van der Waals surface area contributed by atoms with E-state index in [2.05, 4.69) is 32.6 Å². The fraction of sp³-hybridized carbons (Fsp3) is 0.458. The molecule has 0 fully saturated rings. The fourth-order valence-electron chi connectivity index (χ4n) is 3.65. The van der Waals surface area contributed by atoms with Crippen LogP contribution in [0, 0.1) is 0 Å². The first kappa shape index (κ1) is 25.2. The first-order valence-corrected chi connectivity index (χ1v) is 10.1. The largest absolute Gasteiger partial charge is 0.462 e. The average molecular weight is 420 g/mol. The van der Waals surface area contributed by atoms with E-state index in [1.54, 1.807) is 0 Å². The molecule has 0 radical (unpaired) electrons. The number of ether oxygens (including phenoxy) is 2. The molecule has 160 valence electrons. The first-order chi connectivity index (χ1) is 13.4. The molecule has 2 rings (SSSR count). The fourth-order valence-corrected chi connectivity index (χ4v) is 3.65.